The fourth-order valence-electron chi connectivity index (χ4n) is 3.25. The van der Waals surface area contributed by atoms with Crippen molar-refractivity contribution in [2.24, 2.45) is 0 Å². The van der Waals surface area contributed by atoms with Crippen LogP contribution in [0, 0.1) is 6.92 Å². The van der Waals surface area contributed by atoms with Crippen LogP contribution in [0.1, 0.15) is 21.6 Å². The molecule has 170 valence electrons. The second-order valence-electron chi connectivity index (χ2n) is 7.25. The van der Waals surface area contributed by atoms with Gasteiger partial charge in [-0.05, 0) is 24.6 Å². The van der Waals surface area contributed by atoms with E-state index in [0.29, 0.717) is 23.7 Å². The Bertz CT molecular complexity index is 1190. The summed E-state index contributed by atoms with van der Waals surface area (Å²) in [6.07, 6.45) is -1.01. The van der Waals surface area contributed by atoms with Crippen molar-refractivity contribution in [3.63, 3.8) is 0 Å². The standard InChI is InChI=1S/C23H20ClN3O6/c1-14-20(21(24)27(26-14)11-15-7-3-2-4-8-15)23(30)32-13-19(28)25-22(29)18-12-31-16-9-5-6-10-17(16)33-18/h2-10,18H,11-13H2,1H3,(H,25,28,29)/t18-/m0/s1. The third kappa shape index (κ3) is 5.15. The minimum absolute atomic E-state index is 0.0503. The number of hydrogen-bond donors (Lipinski definition) is 1. The average Bonchev–Trinajstić information content (AvgIpc) is 3.10. The van der Waals surface area contributed by atoms with Gasteiger partial charge in [0.05, 0.1) is 12.2 Å². The summed E-state index contributed by atoms with van der Waals surface area (Å²) >= 11 is 6.33. The van der Waals surface area contributed by atoms with Gasteiger partial charge in [-0.3, -0.25) is 14.9 Å². The quantitative estimate of drug-likeness (QED) is 0.552. The molecule has 1 atom stereocenters. The van der Waals surface area contributed by atoms with E-state index in [-0.39, 0.29) is 17.3 Å². The summed E-state index contributed by atoms with van der Waals surface area (Å²) in [6, 6.07) is 16.4. The Morgan fingerprint density at radius 3 is 2.58 bits per heavy atom. The van der Waals surface area contributed by atoms with Crippen molar-refractivity contribution in [1.29, 1.82) is 0 Å². The van der Waals surface area contributed by atoms with Crippen LogP contribution in [0.3, 0.4) is 0 Å². The van der Waals surface area contributed by atoms with E-state index in [1.54, 1.807) is 31.2 Å². The number of nitrogens with zero attached hydrogens (tertiary/aromatic N) is 2. The monoisotopic (exact) mass is 469 g/mol. The topological polar surface area (TPSA) is 109 Å². The van der Waals surface area contributed by atoms with E-state index >= 15 is 0 Å². The summed E-state index contributed by atoms with van der Waals surface area (Å²) in [7, 11) is 0. The van der Waals surface area contributed by atoms with E-state index in [1.165, 1.54) is 4.68 Å². The number of rotatable bonds is 6. The molecule has 1 aromatic heterocycles. The normalized spacial score (nSPS) is 14.4. The van der Waals surface area contributed by atoms with Crippen molar-refractivity contribution in [3.05, 3.63) is 76.6 Å². The molecule has 1 N–H and O–H groups in total. The molecule has 2 heterocycles. The molecule has 3 aromatic rings. The Morgan fingerprint density at radius 1 is 1.12 bits per heavy atom. The number of fused-ring (bicyclic) bond motifs is 1. The third-order valence-electron chi connectivity index (χ3n) is 4.84. The number of ether oxygens (including phenoxy) is 3. The Kier molecular flexibility index (Phi) is 6.60. The van der Waals surface area contributed by atoms with Gasteiger partial charge in [-0.15, -0.1) is 0 Å². The summed E-state index contributed by atoms with van der Waals surface area (Å²) < 4.78 is 17.5. The molecular weight excluding hydrogens is 450 g/mol. The molecule has 1 aliphatic rings. The highest BCUT2D eigenvalue weighted by molar-refractivity contribution is 6.32. The van der Waals surface area contributed by atoms with Crippen LogP contribution in [-0.2, 0) is 20.9 Å². The zero-order valence-electron chi connectivity index (χ0n) is 17.6. The number of aryl methyl sites for hydroxylation is 1. The van der Waals surface area contributed by atoms with Crippen LogP contribution in [0.4, 0.5) is 0 Å². The van der Waals surface area contributed by atoms with Crippen LogP contribution in [0.25, 0.3) is 0 Å². The SMILES string of the molecule is Cc1nn(Cc2ccccc2)c(Cl)c1C(=O)OCC(=O)NC(=O)[C@@H]1COc2ccccc2O1. The number of benzene rings is 2. The molecule has 10 heteroatoms. The Hall–Kier alpha value is -3.85. The van der Waals surface area contributed by atoms with E-state index in [9.17, 15) is 14.4 Å². The maximum atomic E-state index is 12.5. The molecule has 0 saturated heterocycles. The van der Waals surface area contributed by atoms with Gasteiger partial charge in [0.15, 0.2) is 18.1 Å². The first-order chi connectivity index (χ1) is 15.9. The summed E-state index contributed by atoms with van der Waals surface area (Å²) in [6.45, 7) is 1.26. The Labute approximate surface area is 194 Å². The van der Waals surface area contributed by atoms with Crippen molar-refractivity contribution in [2.45, 2.75) is 19.6 Å². The first kappa shape index (κ1) is 22.3. The van der Waals surface area contributed by atoms with E-state index < -0.39 is 30.5 Å². The molecule has 0 spiro atoms. The van der Waals surface area contributed by atoms with Gasteiger partial charge in [0.2, 0.25) is 6.10 Å². The summed E-state index contributed by atoms with van der Waals surface area (Å²) in [4.78, 5) is 37.0. The number of carbonyl (C=O) groups excluding carboxylic acids is 3. The van der Waals surface area contributed by atoms with Gasteiger partial charge in [-0.1, -0.05) is 54.1 Å². The molecular formula is C23H20ClN3O6. The molecule has 0 bridgehead atoms. The number of nitrogens with one attached hydrogen (secondary N) is 1. The molecule has 33 heavy (non-hydrogen) atoms. The number of imide groups is 1. The number of aromatic nitrogens is 2. The lowest BCUT2D eigenvalue weighted by Crippen LogP contribution is -2.47. The van der Waals surface area contributed by atoms with Crippen molar-refractivity contribution in [2.75, 3.05) is 13.2 Å². The number of carbonyl (C=O) groups is 3. The Balaban J connectivity index is 1.31. The minimum atomic E-state index is -1.01. The summed E-state index contributed by atoms with van der Waals surface area (Å²) in [5, 5.41) is 6.52. The van der Waals surface area contributed by atoms with Gasteiger partial charge in [0.25, 0.3) is 11.8 Å². The van der Waals surface area contributed by atoms with Crippen LogP contribution in [0.15, 0.2) is 54.6 Å². The Morgan fingerprint density at radius 2 is 1.82 bits per heavy atom. The van der Waals surface area contributed by atoms with Gasteiger partial charge in [0, 0.05) is 0 Å². The number of halogens is 1. The zero-order valence-corrected chi connectivity index (χ0v) is 18.4. The molecule has 0 unspecified atom stereocenters. The second-order valence-corrected chi connectivity index (χ2v) is 7.61. The first-order valence-corrected chi connectivity index (χ1v) is 10.5. The smallest absolute Gasteiger partial charge is 0.343 e. The molecule has 0 fully saturated rings. The predicted molar refractivity (Wildman–Crippen MR) is 117 cm³/mol. The molecule has 1 aliphatic heterocycles. The van der Waals surface area contributed by atoms with Crippen molar-refractivity contribution >= 4 is 29.4 Å². The highest BCUT2D eigenvalue weighted by Crippen LogP contribution is 2.30. The van der Waals surface area contributed by atoms with Crippen LogP contribution >= 0.6 is 11.6 Å². The van der Waals surface area contributed by atoms with Gasteiger partial charge >= 0.3 is 5.97 Å². The number of hydrogen-bond acceptors (Lipinski definition) is 7. The van der Waals surface area contributed by atoms with Crippen LogP contribution in [0.5, 0.6) is 11.5 Å². The molecule has 0 radical (unpaired) electrons. The van der Waals surface area contributed by atoms with E-state index in [0.717, 1.165) is 5.56 Å². The molecule has 4 rings (SSSR count). The summed E-state index contributed by atoms with van der Waals surface area (Å²) in [5.41, 5.74) is 1.38. The van der Waals surface area contributed by atoms with Gasteiger partial charge in [-0.2, -0.15) is 5.10 Å². The molecule has 0 aliphatic carbocycles. The van der Waals surface area contributed by atoms with Crippen LogP contribution < -0.4 is 14.8 Å². The lowest BCUT2D eigenvalue weighted by molar-refractivity contribution is -0.137. The third-order valence-corrected chi connectivity index (χ3v) is 5.23. The average molecular weight is 470 g/mol. The maximum Gasteiger partial charge on any atom is 0.343 e. The van der Waals surface area contributed by atoms with Crippen molar-refractivity contribution in [1.82, 2.24) is 15.1 Å². The highest BCUT2D eigenvalue weighted by Gasteiger charge is 2.29. The summed E-state index contributed by atoms with van der Waals surface area (Å²) in [5.74, 6) is -1.40. The largest absolute Gasteiger partial charge is 0.485 e. The molecule has 2 amide bonds. The first-order valence-electron chi connectivity index (χ1n) is 10.1. The number of para-hydroxylation sites is 2. The zero-order chi connectivity index (χ0) is 23.4. The van der Waals surface area contributed by atoms with Crippen LogP contribution in [-0.4, -0.2) is 46.9 Å². The lowest BCUT2D eigenvalue weighted by Gasteiger charge is -2.25. The van der Waals surface area contributed by atoms with Crippen molar-refractivity contribution < 1.29 is 28.6 Å². The second kappa shape index (κ2) is 9.74. The fraction of sp³-hybridized carbons (Fsp3) is 0.217. The number of amides is 2. The van der Waals surface area contributed by atoms with E-state index in [1.807, 2.05) is 30.3 Å². The van der Waals surface area contributed by atoms with E-state index in [4.69, 9.17) is 25.8 Å². The van der Waals surface area contributed by atoms with Gasteiger partial charge in [-0.25, -0.2) is 9.48 Å². The molecule has 2 aromatic carbocycles. The maximum absolute atomic E-state index is 12.5. The molecule has 0 saturated carbocycles. The fourth-order valence-corrected chi connectivity index (χ4v) is 3.56. The minimum Gasteiger partial charge on any atom is -0.485 e. The van der Waals surface area contributed by atoms with Crippen molar-refractivity contribution in [3.8, 4) is 11.5 Å². The number of esters is 1. The van der Waals surface area contributed by atoms with Gasteiger partial charge < -0.3 is 14.2 Å². The lowest BCUT2D eigenvalue weighted by atomic mass is 10.2. The van der Waals surface area contributed by atoms with Crippen LogP contribution in [0.2, 0.25) is 5.15 Å². The van der Waals surface area contributed by atoms with Gasteiger partial charge in [0.1, 0.15) is 17.3 Å². The highest BCUT2D eigenvalue weighted by atomic mass is 35.5. The molecule has 9 nitrogen and oxygen atoms in total. The predicted octanol–water partition coefficient (Wildman–Crippen LogP) is 2.53. The van der Waals surface area contributed by atoms with E-state index in [2.05, 4.69) is 10.4 Å².